The minimum Gasteiger partial charge on any atom is -0.492 e. The molecule has 1 heterocycles. The van der Waals surface area contributed by atoms with Gasteiger partial charge in [-0.1, -0.05) is 12.1 Å². The van der Waals surface area contributed by atoms with Gasteiger partial charge in [0.05, 0.1) is 0 Å². The Balaban J connectivity index is 1.70. The summed E-state index contributed by atoms with van der Waals surface area (Å²) in [7, 11) is 6.38. The van der Waals surface area contributed by atoms with Gasteiger partial charge in [0.1, 0.15) is 12.4 Å². The molecule has 2 rings (SSSR count). The van der Waals surface area contributed by atoms with Gasteiger partial charge in [-0.25, -0.2) is 0 Å². The van der Waals surface area contributed by atoms with E-state index >= 15 is 0 Å². The van der Waals surface area contributed by atoms with Crippen molar-refractivity contribution in [2.24, 2.45) is 0 Å². The van der Waals surface area contributed by atoms with Crippen LogP contribution < -0.4 is 10.1 Å². The zero-order valence-electron chi connectivity index (χ0n) is 13.6. The molecule has 0 bridgehead atoms. The lowest BCUT2D eigenvalue weighted by Crippen LogP contribution is -2.46. The number of hydrogen-bond donors (Lipinski definition) is 1. The molecule has 1 N–H and O–H groups in total. The predicted molar refractivity (Wildman–Crippen MR) is 87.8 cm³/mol. The first-order valence-electron chi connectivity index (χ1n) is 7.94. The Bertz CT molecular complexity index is 407. The fourth-order valence-electron chi connectivity index (χ4n) is 2.90. The van der Waals surface area contributed by atoms with Crippen molar-refractivity contribution in [1.29, 1.82) is 0 Å². The molecule has 1 saturated heterocycles. The maximum Gasteiger partial charge on any atom is 0.119 e. The SMILES string of the molecule is CNCc1ccc(OCCN(C)C2CCCN(C)C2)cc1. The number of benzene rings is 1. The summed E-state index contributed by atoms with van der Waals surface area (Å²) >= 11 is 0. The van der Waals surface area contributed by atoms with Crippen molar-refractivity contribution in [3.8, 4) is 5.75 Å². The fourth-order valence-corrected chi connectivity index (χ4v) is 2.90. The molecule has 1 atom stereocenters. The number of likely N-dealkylation sites (tertiary alicyclic amines) is 1. The number of nitrogens with one attached hydrogen (secondary N) is 1. The van der Waals surface area contributed by atoms with Gasteiger partial charge in [-0.15, -0.1) is 0 Å². The van der Waals surface area contributed by atoms with Gasteiger partial charge in [0.2, 0.25) is 0 Å². The summed E-state index contributed by atoms with van der Waals surface area (Å²) in [5.41, 5.74) is 1.28. The highest BCUT2D eigenvalue weighted by atomic mass is 16.5. The van der Waals surface area contributed by atoms with Gasteiger partial charge in [0, 0.05) is 25.7 Å². The maximum atomic E-state index is 5.85. The van der Waals surface area contributed by atoms with Crippen LogP contribution in [0, 0.1) is 0 Å². The molecule has 0 saturated carbocycles. The Kier molecular flexibility index (Phi) is 6.49. The fraction of sp³-hybridized carbons (Fsp3) is 0.647. The highest BCUT2D eigenvalue weighted by Gasteiger charge is 2.20. The van der Waals surface area contributed by atoms with E-state index < -0.39 is 0 Å². The molecule has 1 aliphatic rings. The number of likely N-dealkylation sites (N-methyl/N-ethyl adjacent to an activating group) is 2. The molecule has 21 heavy (non-hydrogen) atoms. The number of piperidine rings is 1. The normalized spacial score (nSPS) is 19.9. The molecule has 4 heteroatoms. The van der Waals surface area contributed by atoms with E-state index in [1.54, 1.807) is 0 Å². The zero-order chi connectivity index (χ0) is 15.1. The van der Waals surface area contributed by atoms with Gasteiger partial charge in [-0.3, -0.25) is 4.90 Å². The molecule has 1 aromatic rings. The van der Waals surface area contributed by atoms with Gasteiger partial charge in [0.25, 0.3) is 0 Å². The van der Waals surface area contributed by atoms with Crippen molar-refractivity contribution in [3.05, 3.63) is 29.8 Å². The monoisotopic (exact) mass is 291 g/mol. The van der Waals surface area contributed by atoms with Crippen LogP contribution in [0.15, 0.2) is 24.3 Å². The van der Waals surface area contributed by atoms with Crippen LogP contribution >= 0.6 is 0 Å². The lowest BCUT2D eigenvalue weighted by molar-refractivity contribution is 0.119. The first kappa shape index (κ1) is 16.3. The third-order valence-corrected chi connectivity index (χ3v) is 4.24. The first-order valence-corrected chi connectivity index (χ1v) is 7.94. The quantitative estimate of drug-likeness (QED) is 0.829. The Morgan fingerprint density at radius 1 is 1.33 bits per heavy atom. The van der Waals surface area contributed by atoms with Crippen molar-refractivity contribution >= 4 is 0 Å². The molecule has 1 fully saturated rings. The second-order valence-electron chi connectivity index (χ2n) is 6.06. The van der Waals surface area contributed by atoms with Crippen LogP contribution in [0.25, 0.3) is 0 Å². The topological polar surface area (TPSA) is 27.7 Å². The third-order valence-electron chi connectivity index (χ3n) is 4.24. The average molecular weight is 291 g/mol. The highest BCUT2D eigenvalue weighted by Crippen LogP contribution is 2.14. The van der Waals surface area contributed by atoms with Crippen LogP contribution in [0.1, 0.15) is 18.4 Å². The molecule has 0 spiro atoms. The van der Waals surface area contributed by atoms with Crippen LogP contribution in [0.4, 0.5) is 0 Å². The standard InChI is InChI=1S/C17H29N3O/c1-18-13-15-6-8-17(9-7-15)21-12-11-20(3)16-5-4-10-19(2)14-16/h6-9,16,18H,4-5,10-14H2,1-3H3. The van der Waals surface area contributed by atoms with Crippen molar-refractivity contribution in [1.82, 2.24) is 15.1 Å². The first-order chi connectivity index (χ1) is 10.2. The number of ether oxygens (including phenoxy) is 1. The molecule has 118 valence electrons. The smallest absolute Gasteiger partial charge is 0.119 e. The predicted octanol–water partition coefficient (Wildman–Crippen LogP) is 1.81. The van der Waals surface area contributed by atoms with Crippen LogP contribution in [0.5, 0.6) is 5.75 Å². The second-order valence-corrected chi connectivity index (χ2v) is 6.06. The minimum absolute atomic E-state index is 0.672. The Morgan fingerprint density at radius 3 is 2.76 bits per heavy atom. The largest absolute Gasteiger partial charge is 0.492 e. The van der Waals surface area contributed by atoms with E-state index in [4.69, 9.17) is 4.74 Å². The van der Waals surface area contributed by atoms with E-state index in [1.807, 2.05) is 7.05 Å². The molecule has 1 unspecified atom stereocenters. The molecule has 0 aromatic heterocycles. The van der Waals surface area contributed by atoms with Crippen molar-refractivity contribution in [2.45, 2.75) is 25.4 Å². The third kappa shape index (κ3) is 5.30. The van der Waals surface area contributed by atoms with Crippen LogP contribution in [-0.4, -0.2) is 63.2 Å². The Labute approximate surface area is 129 Å². The van der Waals surface area contributed by atoms with Crippen molar-refractivity contribution < 1.29 is 4.74 Å². The second kappa shape index (κ2) is 8.37. The summed E-state index contributed by atoms with van der Waals surface area (Å²) in [5.74, 6) is 0.962. The van der Waals surface area contributed by atoms with Crippen LogP contribution in [0.2, 0.25) is 0 Å². The molecular weight excluding hydrogens is 262 g/mol. The van der Waals surface area contributed by atoms with Gasteiger partial charge < -0.3 is 15.0 Å². The van der Waals surface area contributed by atoms with Gasteiger partial charge in [-0.2, -0.15) is 0 Å². The van der Waals surface area contributed by atoms with E-state index in [0.29, 0.717) is 6.04 Å². The number of nitrogens with zero attached hydrogens (tertiary/aromatic N) is 2. The van der Waals surface area contributed by atoms with E-state index in [2.05, 4.69) is 53.5 Å². The molecule has 0 aliphatic carbocycles. The summed E-state index contributed by atoms with van der Waals surface area (Å²) in [5, 5.41) is 3.15. The van der Waals surface area contributed by atoms with E-state index in [9.17, 15) is 0 Å². The number of hydrogen-bond acceptors (Lipinski definition) is 4. The molecular formula is C17H29N3O. The average Bonchev–Trinajstić information content (AvgIpc) is 2.49. The van der Waals surface area contributed by atoms with Gasteiger partial charge in [-0.05, 0) is 58.2 Å². The van der Waals surface area contributed by atoms with Gasteiger partial charge in [0.15, 0.2) is 0 Å². The summed E-state index contributed by atoms with van der Waals surface area (Å²) in [6, 6.07) is 9.02. The molecule has 0 amide bonds. The maximum absolute atomic E-state index is 5.85. The molecule has 0 radical (unpaired) electrons. The highest BCUT2D eigenvalue weighted by molar-refractivity contribution is 5.27. The lowest BCUT2D eigenvalue weighted by Gasteiger charge is -2.35. The van der Waals surface area contributed by atoms with E-state index in [0.717, 1.165) is 25.4 Å². The summed E-state index contributed by atoms with van der Waals surface area (Å²) < 4.78 is 5.85. The zero-order valence-corrected chi connectivity index (χ0v) is 13.6. The van der Waals surface area contributed by atoms with E-state index in [-0.39, 0.29) is 0 Å². The lowest BCUT2D eigenvalue weighted by atomic mass is 10.1. The summed E-state index contributed by atoms with van der Waals surface area (Å²) in [6.45, 7) is 5.05. The summed E-state index contributed by atoms with van der Waals surface area (Å²) in [4.78, 5) is 4.86. The van der Waals surface area contributed by atoms with Crippen molar-refractivity contribution in [3.63, 3.8) is 0 Å². The van der Waals surface area contributed by atoms with E-state index in [1.165, 1.54) is 31.5 Å². The van der Waals surface area contributed by atoms with Crippen molar-refractivity contribution in [2.75, 3.05) is 47.4 Å². The molecule has 1 aliphatic heterocycles. The number of rotatable bonds is 7. The Morgan fingerprint density at radius 2 is 2.10 bits per heavy atom. The molecule has 1 aromatic carbocycles. The van der Waals surface area contributed by atoms with Crippen LogP contribution in [0.3, 0.4) is 0 Å². The van der Waals surface area contributed by atoms with Crippen LogP contribution in [-0.2, 0) is 6.54 Å². The summed E-state index contributed by atoms with van der Waals surface area (Å²) in [6.07, 6.45) is 2.61. The van der Waals surface area contributed by atoms with Gasteiger partial charge >= 0.3 is 0 Å². The molecule has 4 nitrogen and oxygen atoms in total. The minimum atomic E-state index is 0.672. The Hall–Kier alpha value is -1.10.